The number of thioether (sulfide) groups is 1. The monoisotopic (exact) mass is 215 g/mol. The largest absolute Gasteiger partial charge is 0.316 e. The average molecular weight is 215 g/mol. The van der Waals surface area contributed by atoms with Gasteiger partial charge in [-0.25, -0.2) is 0 Å². The molecule has 0 aliphatic carbocycles. The molecule has 0 heterocycles. The summed E-state index contributed by atoms with van der Waals surface area (Å²) in [5, 5.41) is 3.50. The molecule has 1 nitrogen and oxygen atoms in total. The fourth-order valence-electron chi connectivity index (χ4n) is 1.24. The zero-order chi connectivity index (χ0) is 11.0. The van der Waals surface area contributed by atoms with E-state index in [0.717, 1.165) is 19.0 Å². The maximum Gasteiger partial charge on any atom is 0.00402 e. The van der Waals surface area contributed by atoms with E-state index in [9.17, 15) is 0 Å². The van der Waals surface area contributed by atoms with Gasteiger partial charge in [0.15, 0.2) is 0 Å². The highest BCUT2D eigenvalue weighted by Crippen LogP contribution is 2.23. The lowest BCUT2D eigenvalue weighted by Crippen LogP contribution is -2.32. The summed E-state index contributed by atoms with van der Waals surface area (Å²) in [5.41, 5.74) is 0.262. The summed E-state index contributed by atoms with van der Waals surface area (Å²) in [6, 6.07) is 0. The van der Waals surface area contributed by atoms with Crippen LogP contribution in [0, 0.1) is 11.3 Å². The third-order valence-corrected chi connectivity index (χ3v) is 3.06. The Balaban J connectivity index is 3.80. The molecule has 0 fully saturated rings. The zero-order valence-corrected chi connectivity index (χ0v) is 10.9. The minimum atomic E-state index is 0.262. The maximum absolute atomic E-state index is 3.93. The van der Waals surface area contributed by atoms with Crippen LogP contribution < -0.4 is 5.32 Å². The van der Waals surface area contributed by atoms with Crippen molar-refractivity contribution in [2.24, 2.45) is 11.3 Å². The SMILES string of the molecule is C=CC(C)(CCSC)CNCC(C)C. The smallest absolute Gasteiger partial charge is 0.00402 e. The fraction of sp³-hybridized carbons (Fsp3) is 0.833. The first-order valence-electron chi connectivity index (χ1n) is 5.37. The first-order chi connectivity index (χ1) is 6.54. The Hall–Kier alpha value is 0.0500. The van der Waals surface area contributed by atoms with Gasteiger partial charge in [0, 0.05) is 6.54 Å². The van der Waals surface area contributed by atoms with Crippen LogP contribution in [0.3, 0.4) is 0 Å². The van der Waals surface area contributed by atoms with Crippen LogP contribution >= 0.6 is 11.8 Å². The quantitative estimate of drug-likeness (QED) is 0.624. The van der Waals surface area contributed by atoms with Crippen molar-refractivity contribution < 1.29 is 0 Å². The van der Waals surface area contributed by atoms with E-state index in [1.54, 1.807) is 0 Å². The molecule has 14 heavy (non-hydrogen) atoms. The van der Waals surface area contributed by atoms with Crippen LogP contribution in [0.4, 0.5) is 0 Å². The number of nitrogens with one attached hydrogen (secondary N) is 1. The third kappa shape index (κ3) is 6.50. The van der Waals surface area contributed by atoms with Gasteiger partial charge in [0.25, 0.3) is 0 Å². The first kappa shape index (κ1) is 14.1. The summed E-state index contributed by atoms with van der Waals surface area (Å²) >= 11 is 1.91. The molecule has 1 unspecified atom stereocenters. The van der Waals surface area contributed by atoms with Crippen LogP contribution in [0.5, 0.6) is 0 Å². The molecule has 0 aromatic rings. The molecule has 0 saturated carbocycles. The molecule has 1 atom stereocenters. The average Bonchev–Trinajstić information content (AvgIpc) is 2.14. The van der Waals surface area contributed by atoms with Crippen molar-refractivity contribution in [2.45, 2.75) is 27.2 Å². The molecule has 2 heteroatoms. The number of hydrogen-bond acceptors (Lipinski definition) is 2. The highest BCUT2D eigenvalue weighted by Gasteiger charge is 2.18. The van der Waals surface area contributed by atoms with Crippen LogP contribution in [-0.2, 0) is 0 Å². The molecule has 0 radical (unpaired) electrons. The normalized spacial score (nSPS) is 15.5. The Kier molecular flexibility index (Phi) is 7.38. The summed E-state index contributed by atoms with van der Waals surface area (Å²) in [6.45, 7) is 12.8. The Labute approximate surface area is 93.7 Å². The van der Waals surface area contributed by atoms with Gasteiger partial charge in [-0.1, -0.05) is 26.8 Å². The van der Waals surface area contributed by atoms with E-state index in [1.807, 2.05) is 11.8 Å². The number of hydrogen-bond donors (Lipinski definition) is 1. The lowest BCUT2D eigenvalue weighted by atomic mass is 9.87. The number of rotatable bonds is 8. The Morgan fingerprint density at radius 1 is 1.50 bits per heavy atom. The van der Waals surface area contributed by atoms with Gasteiger partial charge in [0.1, 0.15) is 0 Å². The minimum Gasteiger partial charge on any atom is -0.316 e. The van der Waals surface area contributed by atoms with Crippen LogP contribution in [-0.4, -0.2) is 25.1 Å². The zero-order valence-electron chi connectivity index (χ0n) is 10.1. The summed E-state index contributed by atoms with van der Waals surface area (Å²) in [6.07, 6.45) is 5.46. The second kappa shape index (κ2) is 7.36. The Bertz CT molecular complexity index is 156. The van der Waals surface area contributed by atoms with E-state index in [0.29, 0.717) is 0 Å². The maximum atomic E-state index is 3.93. The second-order valence-electron chi connectivity index (χ2n) is 4.63. The Morgan fingerprint density at radius 2 is 2.14 bits per heavy atom. The van der Waals surface area contributed by atoms with Crippen molar-refractivity contribution in [3.8, 4) is 0 Å². The molecule has 0 bridgehead atoms. The van der Waals surface area contributed by atoms with E-state index in [4.69, 9.17) is 0 Å². The lowest BCUT2D eigenvalue weighted by Gasteiger charge is -2.26. The van der Waals surface area contributed by atoms with Gasteiger partial charge in [-0.2, -0.15) is 11.8 Å². The van der Waals surface area contributed by atoms with E-state index >= 15 is 0 Å². The van der Waals surface area contributed by atoms with Crippen molar-refractivity contribution >= 4 is 11.8 Å². The van der Waals surface area contributed by atoms with Gasteiger partial charge in [-0.15, -0.1) is 6.58 Å². The molecule has 0 saturated heterocycles. The molecule has 84 valence electrons. The van der Waals surface area contributed by atoms with Gasteiger partial charge < -0.3 is 5.32 Å². The van der Waals surface area contributed by atoms with Gasteiger partial charge in [0.05, 0.1) is 0 Å². The molecule has 0 aliphatic rings. The van der Waals surface area contributed by atoms with Gasteiger partial charge in [-0.3, -0.25) is 0 Å². The predicted molar refractivity (Wildman–Crippen MR) is 69.0 cm³/mol. The van der Waals surface area contributed by atoms with Crippen molar-refractivity contribution in [1.82, 2.24) is 5.32 Å². The molecule has 0 aliphatic heterocycles. The molecule has 1 N–H and O–H groups in total. The fourth-order valence-corrected chi connectivity index (χ4v) is 1.91. The summed E-state index contributed by atoms with van der Waals surface area (Å²) in [4.78, 5) is 0. The van der Waals surface area contributed by atoms with Gasteiger partial charge in [-0.05, 0) is 36.3 Å². The molecule has 0 spiro atoms. The van der Waals surface area contributed by atoms with Gasteiger partial charge >= 0.3 is 0 Å². The van der Waals surface area contributed by atoms with Crippen molar-refractivity contribution in [3.05, 3.63) is 12.7 Å². The molecule has 0 rings (SSSR count). The van der Waals surface area contributed by atoms with Crippen molar-refractivity contribution in [3.63, 3.8) is 0 Å². The summed E-state index contributed by atoms with van der Waals surface area (Å²) < 4.78 is 0. The third-order valence-electron chi connectivity index (χ3n) is 2.45. The highest BCUT2D eigenvalue weighted by atomic mass is 32.2. The van der Waals surface area contributed by atoms with Crippen LogP contribution in [0.1, 0.15) is 27.2 Å². The van der Waals surface area contributed by atoms with Crippen molar-refractivity contribution in [1.29, 1.82) is 0 Å². The lowest BCUT2D eigenvalue weighted by molar-refractivity contribution is 0.371. The topological polar surface area (TPSA) is 12.0 Å². The molecule has 0 aromatic heterocycles. The van der Waals surface area contributed by atoms with Gasteiger partial charge in [0.2, 0.25) is 0 Å². The Morgan fingerprint density at radius 3 is 2.57 bits per heavy atom. The van der Waals surface area contributed by atoms with E-state index < -0.39 is 0 Å². The molecular weight excluding hydrogens is 190 g/mol. The van der Waals surface area contributed by atoms with Crippen LogP contribution in [0.2, 0.25) is 0 Å². The second-order valence-corrected chi connectivity index (χ2v) is 5.61. The molecule has 0 aromatic carbocycles. The van der Waals surface area contributed by atoms with E-state index in [-0.39, 0.29) is 5.41 Å². The summed E-state index contributed by atoms with van der Waals surface area (Å²) in [7, 11) is 0. The van der Waals surface area contributed by atoms with E-state index in [1.165, 1.54) is 12.2 Å². The van der Waals surface area contributed by atoms with Crippen LogP contribution in [0.15, 0.2) is 12.7 Å². The molecular formula is C12H25NS. The molecule has 0 amide bonds. The van der Waals surface area contributed by atoms with Crippen molar-refractivity contribution in [2.75, 3.05) is 25.1 Å². The van der Waals surface area contributed by atoms with E-state index in [2.05, 4.69) is 45.0 Å². The summed E-state index contributed by atoms with van der Waals surface area (Å²) in [5.74, 6) is 1.94. The predicted octanol–water partition coefficient (Wildman–Crippen LogP) is 3.18. The minimum absolute atomic E-state index is 0.262. The standard InChI is InChI=1S/C12H25NS/c1-6-12(4,7-8-14-5)10-13-9-11(2)3/h6,11,13H,1,7-10H2,2-5H3. The first-order valence-corrected chi connectivity index (χ1v) is 6.76. The highest BCUT2D eigenvalue weighted by molar-refractivity contribution is 7.98. The van der Waals surface area contributed by atoms with Crippen LogP contribution in [0.25, 0.3) is 0 Å².